The highest BCUT2D eigenvalue weighted by atomic mass is 35.5. The van der Waals surface area contributed by atoms with Crippen LogP contribution in [0, 0.1) is 16.7 Å². The average molecular weight is 298 g/mol. The summed E-state index contributed by atoms with van der Waals surface area (Å²) in [5, 5.41) is 17.8. The van der Waals surface area contributed by atoms with Crippen molar-refractivity contribution in [3.05, 3.63) is 28.8 Å². The molecule has 1 aromatic carbocycles. The van der Waals surface area contributed by atoms with Crippen LogP contribution in [0.3, 0.4) is 0 Å². The number of rotatable bonds is 5. The Kier molecular flexibility index (Phi) is 3.93. The fraction of sp³-hybridized carbons (Fsp3) is 0.385. The zero-order valence-electron chi connectivity index (χ0n) is 10.1. The second-order valence-electron chi connectivity index (χ2n) is 4.77. The van der Waals surface area contributed by atoms with Gasteiger partial charge in [-0.1, -0.05) is 11.6 Å². The number of carboxylic acids is 1. The number of hydrogen-bond acceptors (Lipinski definition) is 3. The van der Waals surface area contributed by atoms with E-state index in [-0.39, 0.29) is 16.0 Å². The van der Waals surface area contributed by atoms with E-state index in [9.17, 15) is 9.00 Å². The van der Waals surface area contributed by atoms with Gasteiger partial charge in [0, 0.05) is 17.1 Å². The lowest BCUT2D eigenvalue weighted by Gasteiger charge is -2.11. The number of carboxylic acid groups (broad SMARTS) is 1. The summed E-state index contributed by atoms with van der Waals surface area (Å²) in [6.45, 7) is 0. The van der Waals surface area contributed by atoms with Crippen molar-refractivity contribution in [2.75, 3.05) is 5.75 Å². The first kappa shape index (κ1) is 14.0. The number of benzene rings is 1. The van der Waals surface area contributed by atoms with Gasteiger partial charge in [-0.25, -0.2) is 4.79 Å². The van der Waals surface area contributed by atoms with Crippen LogP contribution < -0.4 is 0 Å². The van der Waals surface area contributed by atoms with E-state index in [4.69, 9.17) is 22.0 Å². The largest absolute Gasteiger partial charge is 0.478 e. The Morgan fingerprint density at radius 2 is 2.21 bits per heavy atom. The van der Waals surface area contributed by atoms with Crippen LogP contribution >= 0.6 is 11.6 Å². The van der Waals surface area contributed by atoms with Crippen LogP contribution in [0.2, 0.25) is 5.02 Å². The average Bonchev–Trinajstić information content (AvgIpc) is 3.09. The third kappa shape index (κ3) is 3.14. The monoisotopic (exact) mass is 297 g/mol. The highest BCUT2D eigenvalue weighted by Crippen LogP contribution is 2.49. The SMILES string of the molecule is N#CCC1(CS(=O)c2ccc(Cl)c(C(=O)O)c2)CC1. The maximum atomic E-state index is 12.2. The molecule has 6 heteroatoms. The van der Waals surface area contributed by atoms with Crippen molar-refractivity contribution >= 4 is 28.4 Å². The first-order valence-electron chi connectivity index (χ1n) is 5.76. The Bertz CT molecular complexity index is 590. The summed E-state index contributed by atoms with van der Waals surface area (Å²) in [6, 6.07) is 6.49. The molecule has 1 atom stereocenters. The second kappa shape index (κ2) is 5.32. The standard InChI is InChI=1S/C13H12ClNO3S/c14-11-2-1-9(7-10(11)12(16)17)19(18)8-13(3-4-13)5-6-15/h1-2,7H,3-5,8H2,(H,16,17). The Balaban J connectivity index is 2.19. The van der Waals surface area contributed by atoms with E-state index in [0.29, 0.717) is 17.1 Å². The first-order chi connectivity index (χ1) is 8.97. The van der Waals surface area contributed by atoms with E-state index in [1.165, 1.54) is 12.1 Å². The molecular weight excluding hydrogens is 286 g/mol. The van der Waals surface area contributed by atoms with Crippen molar-refractivity contribution in [2.45, 2.75) is 24.2 Å². The van der Waals surface area contributed by atoms with Gasteiger partial charge in [-0.2, -0.15) is 5.26 Å². The quantitative estimate of drug-likeness (QED) is 0.906. The number of nitriles is 1. The van der Waals surface area contributed by atoms with Crippen LogP contribution in [-0.2, 0) is 10.8 Å². The van der Waals surface area contributed by atoms with Gasteiger partial charge < -0.3 is 5.11 Å². The molecule has 19 heavy (non-hydrogen) atoms. The second-order valence-corrected chi connectivity index (χ2v) is 6.63. The molecule has 2 rings (SSSR count). The fourth-order valence-electron chi connectivity index (χ4n) is 1.89. The predicted molar refractivity (Wildman–Crippen MR) is 71.6 cm³/mol. The number of carbonyl (C=O) groups is 1. The molecule has 4 nitrogen and oxygen atoms in total. The molecule has 0 radical (unpaired) electrons. The summed E-state index contributed by atoms with van der Waals surface area (Å²) >= 11 is 5.77. The Morgan fingerprint density at radius 1 is 1.53 bits per heavy atom. The molecule has 0 aromatic heterocycles. The zero-order chi connectivity index (χ0) is 14.0. The lowest BCUT2D eigenvalue weighted by Crippen LogP contribution is -2.12. The van der Waals surface area contributed by atoms with Crippen molar-refractivity contribution < 1.29 is 14.1 Å². The zero-order valence-corrected chi connectivity index (χ0v) is 11.6. The molecule has 1 N–H and O–H groups in total. The van der Waals surface area contributed by atoms with Crippen LogP contribution in [-0.4, -0.2) is 21.0 Å². The van der Waals surface area contributed by atoms with E-state index < -0.39 is 16.8 Å². The van der Waals surface area contributed by atoms with Gasteiger partial charge in [0.2, 0.25) is 0 Å². The molecule has 1 aliphatic rings. The van der Waals surface area contributed by atoms with Gasteiger partial charge in [-0.3, -0.25) is 4.21 Å². The van der Waals surface area contributed by atoms with E-state index in [1.807, 2.05) is 0 Å². The van der Waals surface area contributed by atoms with Crippen LogP contribution in [0.4, 0.5) is 0 Å². The molecule has 0 spiro atoms. The van der Waals surface area contributed by atoms with Gasteiger partial charge >= 0.3 is 5.97 Å². The van der Waals surface area contributed by atoms with Crippen LogP contribution in [0.25, 0.3) is 0 Å². The van der Waals surface area contributed by atoms with Crippen LogP contribution in [0.1, 0.15) is 29.6 Å². The summed E-state index contributed by atoms with van der Waals surface area (Å²) in [4.78, 5) is 11.4. The Morgan fingerprint density at radius 3 is 2.74 bits per heavy atom. The summed E-state index contributed by atoms with van der Waals surface area (Å²) in [7, 11) is -1.30. The van der Waals surface area contributed by atoms with Crippen LogP contribution in [0.5, 0.6) is 0 Å². The predicted octanol–water partition coefficient (Wildman–Crippen LogP) is 2.84. The fourth-order valence-corrected chi connectivity index (χ4v) is 3.67. The van der Waals surface area contributed by atoms with E-state index >= 15 is 0 Å². The third-order valence-electron chi connectivity index (χ3n) is 3.28. The molecule has 1 aliphatic carbocycles. The minimum Gasteiger partial charge on any atom is -0.478 e. The molecule has 1 aromatic rings. The normalized spacial score (nSPS) is 17.5. The molecule has 0 amide bonds. The van der Waals surface area contributed by atoms with Gasteiger partial charge in [0.25, 0.3) is 0 Å². The van der Waals surface area contributed by atoms with Gasteiger partial charge in [0.15, 0.2) is 0 Å². The maximum Gasteiger partial charge on any atom is 0.337 e. The molecular formula is C13H12ClNO3S. The van der Waals surface area contributed by atoms with Crippen molar-refractivity contribution in [2.24, 2.45) is 5.41 Å². The Hall–Kier alpha value is -1.38. The molecule has 0 saturated heterocycles. The summed E-state index contributed by atoms with van der Waals surface area (Å²) in [6.07, 6.45) is 2.22. The number of halogens is 1. The van der Waals surface area contributed by atoms with Gasteiger partial charge in [-0.15, -0.1) is 0 Å². The molecule has 1 unspecified atom stereocenters. The summed E-state index contributed by atoms with van der Waals surface area (Å²) in [5.41, 5.74) is -0.180. The van der Waals surface area contributed by atoms with E-state index in [1.54, 1.807) is 6.07 Å². The minimum atomic E-state index is -1.30. The van der Waals surface area contributed by atoms with Crippen LogP contribution in [0.15, 0.2) is 23.1 Å². The molecule has 1 fully saturated rings. The van der Waals surface area contributed by atoms with Crippen molar-refractivity contribution in [1.82, 2.24) is 0 Å². The smallest absolute Gasteiger partial charge is 0.337 e. The molecule has 1 saturated carbocycles. The van der Waals surface area contributed by atoms with Gasteiger partial charge in [0.1, 0.15) is 0 Å². The molecule has 0 bridgehead atoms. The third-order valence-corrected chi connectivity index (χ3v) is 5.26. The molecule has 100 valence electrons. The minimum absolute atomic E-state index is 0.0438. The summed E-state index contributed by atoms with van der Waals surface area (Å²) in [5.74, 6) is -0.733. The summed E-state index contributed by atoms with van der Waals surface area (Å²) < 4.78 is 12.2. The van der Waals surface area contributed by atoms with Gasteiger partial charge in [0.05, 0.1) is 27.5 Å². The van der Waals surface area contributed by atoms with Crippen molar-refractivity contribution in [1.29, 1.82) is 5.26 Å². The molecule has 0 aliphatic heterocycles. The lowest BCUT2D eigenvalue weighted by atomic mass is 10.1. The number of aromatic carboxylic acids is 1. The number of hydrogen-bond donors (Lipinski definition) is 1. The highest BCUT2D eigenvalue weighted by Gasteiger charge is 2.43. The molecule has 0 heterocycles. The van der Waals surface area contributed by atoms with E-state index in [0.717, 1.165) is 12.8 Å². The van der Waals surface area contributed by atoms with Crippen molar-refractivity contribution in [3.63, 3.8) is 0 Å². The maximum absolute atomic E-state index is 12.2. The van der Waals surface area contributed by atoms with Gasteiger partial charge in [-0.05, 0) is 36.5 Å². The van der Waals surface area contributed by atoms with Crippen molar-refractivity contribution in [3.8, 4) is 6.07 Å². The number of nitrogens with zero attached hydrogens (tertiary/aromatic N) is 1. The highest BCUT2D eigenvalue weighted by molar-refractivity contribution is 7.85. The topological polar surface area (TPSA) is 78.2 Å². The Labute approximate surface area is 118 Å². The van der Waals surface area contributed by atoms with E-state index in [2.05, 4.69) is 6.07 Å². The first-order valence-corrected chi connectivity index (χ1v) is 7.45. The lowest BCUT2D eigenvalue weighted by molar-refractivity contribution is 0.0697.